The maximum absolute atomic E-state index is 11.5. The predicted octanol–water partition coefficient (Wildman–Crippen LogP) is 1.22. The fourth-order valence-corrected chi connectivity index (χ4v) is 1.28. The van der Waals surface area contributed by atoms with E-state index in [2.05, 4.69) is 5.32 Å². The van der Waals surface area contributed by atoms with Crippen LogP contribution < -0.4 is 5.32 Å². The number of esters is 1. The van der Waals surface area contributed by atoms with Gasteiger partial charge in [0.25, 0.3) is 0 Å². The van der Waals surface area contributed by atoms with Crippen molar-refractivity contribution in [1.29, 1.82) is 0 Å². The Kier molecular flexibility index (Phi) is 10.0. The third-order valence-electron chi connectivity index (χ3n) is 2.25. The molecule has 2 N–H and O–H groups in total. The number of unbranched alkanes of at least 4 members (excludes halogenated alkanes) is 1. The summed E-state index contributed by atoms with van der Waals surface area (Å²) in [4.78, 5) is 22.9. The van der Waals surface area contributed by atoms with Crippen LogP contribution in [-0.2, 0) is 14.3 Å². The molecule has 6 heteroatoms. The number of hydrogen-bond acceptors (Lipinski definition) is 5. The molecule has 6 nitrogen and oxygen atoms in total. The summed E-state index contributed by atoms with van der Waals surface area (Å²) in [7, 11) is 0. The second-order valence-corrected chi connectivity index (χ2v) is 3.80. The molecule has 0 aromatic rings. The Hall–Kier alpha value is -1.30. The smallest absolute Gasteiger partial charge is 0.407 e. The molecule has 1 amide bonds. The highest BCUT2D eigenvalue weighted by Gasteiger charge is 2.21. The van der Waals surface area contributed by atoms with Crippen LogP contribution >= 0.6 is 0 Å². The number of carbonyl (C=O) groups excluding carboxylic acids is 2. The molecule has 0 saturated heterocycles. The number of aliphatic hydroxyl groups is 1. The summed E-state index contributed by atoms with van der Waals surface area (Å²) in [6, 6.07) is -0.758. The van der Waals surface area contributed by atoms with Crippen molar-refractivity contribution in [2.45, 2.75) is 45.6 Å². The van der Waals surface area contributed by atoms with Gasteiger partial charge in [0.1, 0.15) is 6.04 Å². The highest BCUT2D eigenvalue weighted by molar-refractivity contribution is 5.81. The molecule has 0 aliphatic heterocycles. The van der Waals surface area contributed by atoms with Crippen molar-refractivity contribution in [1.82, 2.24) is 5.32 Å². The summed E-state index contributed by atoms with van der Waals surface area (Å²) < 4.78 is 9.74. The summed E-state index contributed by atoms with van der Waals surface area (Å²) >= 11 is 0. The number of hydrogen-bond donors (Lipinski definition) is 2. The van der Waals surface area contributed by atoms with E-state index in [1.807, 2.05) is 6.92 Å². The third kappa shape index (κ3) is 7.89. The first-order valence-corrected chi connectivity index (χ1v) is 6.36. The van der Waals surface area contributed by atoms with Crippen molar-refractivity contribution in [3.8, 4) is 0 Å². The molecule has 0 saturated carbocycles. The van der Waals surface area contributed by atoms with E-state index >= 15 is 0 Å². The molecule has 106 valence electrons. The maximum atomic E-state index is 11.5. The van der Waals surface area contributed by atoms with E-state index in [4.69, 9.17) is 14.6 Å². The molecule has 0 spiro atoms. The van der Waals surface area contributed by atoms with Gasteiger partial charge in [0.2, 0.25) is 0 Å². The van der Waals surface area contributed by atoms with Gasteiger partial charge in [0, 0.05) is 6.61 Å². The highest BCUT2D eigenvalue weighted by atomic mass is 16.6. The first-order chi connectivity index (χ1) is 8.65. The third-order valence-corrected chi connectivity index (χ3v) is 2.25. The zero-order chi connectivity index (χ0) is 13.8. The molecule has 18 heavy (non-hydrogen) atoms. The fraction of sp³-hybridized carbons (Fsp3) is 0.833. The van der Waals surface area contributed by atoms with E-state index in [-0.39, 0.29) is 13.2 Å². The molecule has 0 aromatic heterocycles. The van der Waals surface area contributed by atoms with Crippen LogP contribution in [0, 0.1) is 0 Å². The Balaban J connectivity index is 4.12. The highest BCUT2D eigenvalue weighted by Crippen LogP contribution is 2.01. The van der Waals surface area contributed by atoms with Crippen LogP contribution in [-0.4, -0.2) is 43.0 Å². The van der Waals surface area contributed by atoms with Gasteiger partial charge in [-0.05, 0) is 26.2 Å². The maximum Gasteiger partial charge on any atom is 0.407 e. The average molecular weight is 261 g/mol. The number of ether oxygens (including phenoxy) is 2. The number of carbonyl (C=O) groups is 2. The monoisotopic (exact) mass is 261 g/mol. The van der Waals surface area contributed by atoms with Crippen LogP contribution in [0.3, 0.4) is 0 Å². The first-order valence-electron chi connectivity index (χ1n) is 6.36. The van der Waals surface area contributed by atoms with Gasteiger partial charge in [-0.3, -0.25) is 0 Å². The lowest BCUT2D eigenvalue weighted by Crippen LogP contribution is -2.42. The van der Waals surface area contributed by atoms with Crippen molar-refractivity contribution in [3.05, 3.63) is 0 Å². The molecule has 0 bridgehead atoms. The quantitative estimate of drug-likeness (QED) is 0.481. The molecule has 1 unspecified atom stereocenters. The van der Waals surface area contributed by atoms with Gasteiger partial charge in [-0.25, -0.2) is 9.59 Å². The zero-order valence-electron chi connectivity index (χ0n) is 11.1. The molecule has 0 rings (SSSR count). The summed E-state index contributed by atoms with van der Waals surface area (Å²) in [6.07, 6.45) is 1.84. The van der Waals surface area contributed by atoms with Crippen LogP contribution in [0.5, 0.6) is 0 Å². The van der Waals surface area contributed by atoms with Crippen molar-refractivity contribution in [3.63, 3.8) is 0 Å². The normalized spacial score (nSPS) is 11.7. The van der Waals surface area contributed by atoms with Crippen LogP contribution in [0.1, 0.15) is 39.5 Å². The van der Waals surface area contributed by atoms with E-state index in [1.54, 1.807) is 6.92 Å². The number of alkyl carbamates (subject to hydrolysis) is 1. The van der Waals surface area contributed by atoms with Gasteiger partial charge in [-0.15, -0.1) is 0 Å². The first kappa shape index (κ1) is 16.7. The summed E-state index contributed by atoms with van der Waals surface area (Å²) in [6.45, 7) is 4.23. The minimum Gasteiger partial charge on any atom is -0.464 e. The molecular formula is C12H23NO5. The van der Waals surface area contributed by atoms with Crippen LogP contribution in [0.25, 0.3) is 0 Å². The predicted molar refractivity (Wildman–Crippen MR) is 66.1 cm³/mol. The van der Waals surface area contributed by atoms with E-state index < -0.39 is 18.1 Å². The minimum absolute atomic E-state index is 0.0392. The molecule has 1 atom stereocenters. The van der Waals surface area contributed by atoms with E-state index in [0.29, 0.717) is 19.4 Å². The Morgan fingerprint density at radius 1 is 1.22 bits per heavy atom. The molecule has 0 fully saturated rings. The van der Waals surface area contributed by atoms with Crippen molar-refractivity contribution >= 4 is 12.1 Å². The van der Waals surface area contributed by atoms with Crippen molar-refractivity contribution in [2.75, 3.05) is 19.8 Å². The van der Waals surface area contributed by atoms with E-state index in [1.165, 1.54) is 0 Å². The van der Waals surface area contributed by atoms with Gasteiger partial charge in [-0.2, -0.15) is 0 Å². The van der Waals surface area contributed by atoms with Gasteiger partial charge in [-0.1, -0.05) is 13.3 Å². The van der Waals surface area contributed by atoms with Gasteiger partial charge in [0.15, 0.2) is 0 Å². The van der Waals surface area contributed by atoms with Gasteiger partial charge >= 0.3 is 12.1 Å². The molecular weight excluding hydrogens is 238 g/mol. The largest absolute Gasteiger partial charge is 0.464 e. The zero-order valence-corrected chi connectivity index (χ0v) is 11.1. The lowest BCUT2D eigenvalue weighted by molar-refractivity contribution is -0.145. The fourth-order valence-electron chi connectivity index (χ4n) is 1.28. The number of nitrogens with one attached hydrogen (secondary N) is 1. The Morgan fingerprint density at radius 2 is 1.94 bits per heavy atom. The number of rotatable bonds is 9. The van der Waals surface area contributed by atoms with Crippen molar-refractivity contribution in [2.24, 2.45) is 0 Å². The lowest BCUT2D eigenvalue weighted by atomic mass is 10.1. The lowest BCUT2D eigenvalue weighted by Gasteiger charge is -2.16. The molecule has 0 aliphatic carbocycles. The number of aliphatic hydroxyl groups excluding tert-OH is 1. The molecule has 0 heterocycles. The van der Waals surface area contributed by atoms with E-state index in [0.717, 1.165) is 12.8 Å². The Labute approximate surface area is 108 Å². The molecule has 0 aliphatic rings. The summed E-state index contributed by atoms with van der Waals surface area (Å²) in [5.41, 5.74) is 0. The van der Waals surface area contributed by atoms with Gasteiger partial charge < -0.3 is 19.9 Å². The van der Waals surface area contributed by atoms with E-state index in [9.17, 15) is 9.59 Å². The van der Waals surface area contributed by atoms with Crippen LogP contribution in [0.15, 0.2) is 0 Å². The topological polar surface area (TPSA) is 84.9 Å². The SMILES string of the molecule is CCCCOC(=O)NC(CCCO)C(=O)OCC. The van der Waals surface area contributed by atoms with Crippen molar-refractivity contribution < 1.29 is 24.2 Å². The Morgan fingerprint density at radius 3 is 2.50 bits per heavy atom. The Bertz CT molecular complexity index is 245. The molecule has 0 aromatic carbocycles. The van der Waals surface area contributed by atoms with Crippen LogP contribution in [0.4, 0.5) is 4.79 Å². The number of amides is 1. The standard InChI is InChI=1S/C12H23NO5/c1-3-5-9-18-12(16)13-10(7-6-8-14)11(15)17-4-2/h10,14H,3-9H2,1-2H3,(H,13,16). The summed E-state index contributed by atoms with van der Waals surface area (Å²) in [5.74, 6) is -0.501. The molecule has 0 radical (unpaired) electrons. The second kappa shape index (κ2) is 10.8. The average Bonchev–Trinajstić information content (AvgIpc) is 2.35. The second-order valence-electron chi connectivity index (χ2n) is 3.80. The summed E-state index contributed by atoms with van der Waals surface area (Å²) in [5, 5.41) is 11.2. The minimum atomic E-state index is -0.758. The van der Waals surface area contributed by atoms with Gasteiger partial charge in [0.05, 0.1) is 13.2 Å². The van der Waals surface area contributed by atoms with Crippen LogP contribution in [0.2, 0.25) is 0 Å².